The highest BCUT2D eigenvalue weighted by Crippen LogP contribution is 2.30. The second-order valence-corrected chi connectivity index (χ2v) is 8.51. The van der Waals surface area contributed by atoms with E-state index in [1.807, 2.05) is 18.4 Å². The molecule has 3 rings (SSSR count). The van der Waals surface area contributed by atoms with E-state index in [0.717, 1.165) is 16.0 Å². The van der Waals surface area contributed by atoms with E-state index in [4.69, 9.17) is 4.74 Å². The highest BCUT2D eigenvalue weighted by atomic mass is 32.2. The highest BCUT2D eigenvalue weighted by Gasteiger charge is 2.30. The number of carbonyl (C=O) groups excluding carboxylic acids is 1. The Balaban J connectivity index is 1.87. The third-order valence-corrected chi connectivity index (χ3v) is 6.26. The van der Waals surface area contributed by atoms with Gasteiger partial charge in [-0.15, -0.1) is 11.3 Å². The lowest BCUT2D eigenvalue weighted by Gasteiger charge is -2.21. The molecule has 1 aliphatic rings. The first-order valence-electron chi connectivity index (χ1n) is 7.70. The van der Waals surface area contributed by atoms with Crippen LogP contribution in [0.1, 0.15) is 22.4 Å². The van der Waals surface area contributed by atoms with Gasteiger partial charge in [-0.25, -0.2) is 0 Å². The number of benzene rings is 1. The van der Waals surface area contributed by atoms with Crippen molar-refractivity contribution in [3.05, 3.63) is 51.7 Å². The van der Waals surface area contributed by atoms with Gasteiger partial charge >= 0.3 is 5.97 Å². The van der Waals surface area contributed by atoms with Gasteiger partial charge in [-0.3, -0.25) is 4.79 Å². The number of rotatable bonds is 4. The van der Waals surface area contributed by atoms with E-state index >= 15 is 0 Å². The summed E-state index contributed by atoms with van der Waals surface area (Å²) in [6.07, 6.45) is 0.927. The van der Waals surface area contributed by atoms with Gasteiger partial charge in [0.1, 0.15) is 0 Å². The summed E-state index contributed by atoms with van der Waals surface area (Å²) in [6.45, 7) is 1.89. The van der Waals surface area contributed by atoms with Gasteiger partial charge in [-0.05, 0) is 36.9 Å². The van der Waals surface area contributed by atoms with E-state index in [1.54, 1.807) is 12.1 Å². The lowest BCUT2D eigenvalue weighted by Crippen LogP contribution is -2.29. The van der Waals surface area contributed by atoms with Crippen molar-refractivity contribution in [2.75, 3.05) is 7.11 Å². The molecule has 2 aromatic rings. The Morgan fingerprint density at radius 3 is 2.64 bits per heavy atom. The minimum Gasteiger partial charge on any atom is -0.469 e. The molecule has 1 aliphatic carbocycles. The predicted molar refractivity (Wildman–Crippen MR) is 96.2 cm³/mol. The van der Waals surface area contributed by atoms with Crippen LogP contribution in [0.5, 0.6) is 0 Å². The fraction of sp³-hybridized carbons (Fsp3) is 0.294. The lowest BCUT2D eigenvalue weighted by molar-refractivity contribution is -0.145. The standard InChI is InChI=1S/C17H18N2O4S2/c1-11-3-5-13(6-4-11)25(21,22)19-18-15-9-12(17(20)23-2)10-16-14(15)7-8-24-16/h3-8,12,19H,9-10H2,1-2H3/t12-/m0/s1. The first-order chi connectivity index (χ1) is 11.9. The number of carbonyl (C=O) groups is 1. The quantitative estimate of drug-likeness (QED) is 0.654. The van der Waals surface area contributed by atoms with Gasteiger partial charge in [0.2, 0.25) is 0 Å². The first-order valence-corrected chi connectivity index (χ1v) is 10.1. The average Bonchev–Trinajstić information content (AvgIpc) is 3.08. The number of methoxy groups -OCH3 is 1. The molecular weight excluding hydrogens is 360 g/mol. The van der Waals surface area contributed by atoms with Crippen molar-refractivity contribution in [2.45, 2.75) is 24.7 Å². The Bertz CT molecular complexity index is 914. The van der Waals surface area contributed by atoms with Crippen LogP contribution in [-0.4, -0.2) is 27.2 Å². The van der Waals surface area contributed by atoms with Crippen LogP contribution in [0.25, 0.3) is 0 Å². The summed E-state index contributed by atoms with van der Waals surface area (Å²) in [5.41, 5.74) is 2.41. The Morgan fingerprint density at radius 2 is 1.96 bits per heavy atom. The van der Waals surface area contributed by atoms with Crippen molar-refractivity contribution < 1.29 is 17.9 Å². The van der Waals surface area contributed by atoms with Gasteiger partial charge in [-0.2, -0.15) is 18.4 Å². The molecule has 1 heterocycles. The fourth-order valence-corrected chi connectivity index (χ4v) is 4.53. The van der Waals surface area contributed by atoms with E-state index in [2.05, 4.69) is 9.93 Å². The summed E-state index contributed by atoms with van der Waals surface area (Å²) in [7, 11) is -2.41. The van der Waals surface area contributed by atoms with Crippen LogP contribution in [0, 0.1) is 12.8 Å². The monoisotopic (exact) mass is 378 g/mol. The zero-order valence-corrected chi connectivity index (χ0v) is 15.5. The number of hydrogen-bond acceptors (Lipinski definition) is 6. The van der Waals surface area contributed by atoms with Gasteiger partial charge in [-0.1, -0.05) is 17.7 Å². The summed E-state index contributed by atoms with van der Waals surface area (Å²) in [6, 6.07) is 8.42. The van der Waals surface area contributed by atoms with Crippen LogP contribution in [0.15, 0.2) is 45.7 Å². The Kier molecular flexibility index (Phi) is 4.91. The van der Waals surface area contributed by atoms with Gasteiger partial charge in [0.25, 0.3) is 10.0 Å². The Morgan fingerprint density at radius 1 is 1.24 bits per heavy atom. The third kappa shape index (κ3) is 3.74. The number of hydrogen-bond donors (Lipinski definition) is 1. The van der Waals surface area contributed by atoms with Gasteiger partial charge in [0, 0.05) is 16.9 Å². The molecule has 1 atom stereocenters. The van der Waals surface area contributed by atoms with Crippen molar-refractivity contribution in [3.8, 4) is 0 Å². The van der Waals surface area contributed by atoms with Crippen molar-refractivity contribution in [1.82, 2.24) is 4.83 Å². The van der Waals surface area contributed by atoms with E-state index in [1.165, 1.54) is 30.6 Å². The number of esters is 1. The van der Waals surface area contributed by atoms with Crippen LogP contribution in [0.4, 0.5) is 0 Å². The normalized spacial score (nSPS) is 18.6. The SMILES string of the molecule is COC(=O)[C@H]1CC(=NNS(=O)(=O)c2ccc(C)cc2)c2ccsc2C1. The number of fused-ring (bicyclic) bond motifs is 1. The molecule has 0 bridgehead atoms. The van der Waals surface area contributed by atoms with Crippen LogP contribution in [0.2, 0.25) is 0 Å². The molecule has 0 spiro atoms. The van der Waals surface area contributed by atoms with Gasteiger partial charge < -0.3 is 4.74 Å². The molecule has 0 saturated heterocycles. The van der Waals surface area contributed by atoms with Crippen molar-refractivity contribution >= 4 is 33.0 Å². The molecule has 6 nitrogen and oxygen atoms in total. The topological polar surface area (TPSA) is 84.8 Å². The maximum atomic E-state index is 12.4. The smallest absolute Gasteiger partial charge is 0.309 e. The van der Waals surface area contributed by atoms with Crippen LogP contribution < -0.4 is 4.83 Å². The minimum atomic E-state index is -3.76. The molecule has 1 aromatic carbocycles. The summed E-state index contributed by atoms with van der Waals surface area (Å²) >= 11 is 1.53. The number of nitrogens with one attached hydrogen (secondary N) is 1. The van der Waals surface area contributed by atoms with Crippen molar-refractivity contribution in [2.24, 2.45) is 11.0 Å². The second kappa shape index (κ2) is 6.97. The molecule has 0 aliphatic heterocycles. The molecule has 132 valence electrons. The van der Waals surface area contributed by atoms with E-state index in [0.29, 0.717) is 18.6 Å². The van der Waals surface area contributed by atoms with Gasteiger partial charge in [0.15, 0.2) is 0 Å². The van der Waals surface area contributed by atoms with Crippen molar-refractivity contribution in [3.63, 3.8) is 0 Å². The molecule has 1 aromatic heterocycles. The van der Waals surface area contributed by atoms with Crippen LogP contribution >= 0.6 is 11.3 Å². The second-order valence-electron chi connectivity index (χ2n) is 5.85. The van der Waals surface area contributed by atoms with Crippen LogP contribution in [0.3, 0.4) is 0 Å². The molecular formula is C17H18N2O4S2. The molecule has 0 fully saturated rings. The first kappa shape index (κ1) is 17.6. The summed E-state index contributed by atoms with van der Waals surface area (Å²) in [5.74, 6) is -0.660. The molecule has 8 heteroatoms. The number of hydrazone groups is 1. The maximum absolute atomic E-state index is 12.4. The summed E-state index contributed by atoms with van der Waals surface area (Å²) in [5, 5.41) is 6.02. The van der Waals surface area contributed by atoms with Crippen molar-refractivity contribution in [1.29, 1.82) is 0 Å². The fourth-order valence-electron chi connectivity index (χ4n) is 2.72. The van der Waals surface area contributed by atoms with Crippen LogP contribution in [-0.2, 0) is 26.0 Å². The molecule has 1 N–H and O–H groups in total. The third-order valence-electron chi connectivity index (χ3n) is 4.09. The average molecular weight is 378 g/mol. The van der Waals surface area contributed by atoms with Gasteiger partial charge in [0.05, 0.1) is 23.6 Å². The molecule has 0 radical (unpaired) electrons. The molecule has 0 amide bonds. The van der Waals surface area contributed by atoms with E-state index in [-0.39, 0.29) is 16.8 Å². The Hall–Kier alpha value is -2.19. The largest absolute Gasteiger partial charge is 0.469 e. The molecule has 25 heavy (non-hydrogen) atoms. The summed E-state index contributed by atoms with van der Waals surface area (Å²) in [4.78, 5) is 15.3. The zero-order chi connectivity index (χ0) is 18.0. The highest BCUT2D eigenvalue weighted by molar-refractivity contribution is 7.89. The Labute approximate surface area is 150 Å². The molecule has 0 unspecified atom stereocenters. The number of thiophene rings is 1. The zero-order valence-electron chi connectivity index (χ0n) is 13.9. The number of nitrogens with zero attached hydrogens (tertiary/aromatic N) is 1. The number of sulfonamides is 1. The van der Waals surface area contributed by atoms with E-state index in [9.17, 15) is 13.2 Å². The predicted octanol–water partition coefficient (Wildman–Crippen LogP) is 2.47. The van der Waals surface area contributed by atoms with E-state index < -0.39 is 10.0 Å². The number of ether oxygens (including phenoxy) is 1. The number of aryl methyl sites for hydroxylation is 1. The molecule has 0 saturated carbocycles. The lowest BCUT2D eigenvalue weighted by atomic mass is 9.87. The maximum Gasteiger partial charge on any atom is 0.309 e. The summed E-state index contributed by atoms with van der Waals surface area (Å²) < 4.78 is 29.6. The minimum absolute atomic E-state index is 0.147.